The van der Waals surface area contributed by atoms with E-state index in [1.165, 1.54) is 6.07 Å². The van der Waals surface area contributed by atoms with E-state index in [1.54, 1.807) is 20.0 Å². The molecule has 1 amide bonds. The van der Waals surface area contributed by atoms with Crippen molar-refractivity contribution < 1.29 is 9.18 Å². The van der Waals surface area contributed by atoms with E-state index in [0.717, 1.165) is 16.8 Å². The van der Waals surface area contributed by atoms with Crippen molar-refractivity contribution in [2.75, 3.05) is 12.4 Å². The molecule has 0 heterocycles. The maximum Gasteiger partial charge on any atom is 0.226 e. The summed E-state index contributed by atoms with van der Waals surface area (Å²) in [5.74, 6) is 0.371. The zero-order valence-electron chi connectivity index (χ0n) is 16.3. The lowest BCUT2D eigenvalue weighted by atomic mass is 10.1. The Hall–Kier alpha value is -2.89. The molecule has 0 spiro atoms. The molecule has 144 valence electrons. The van der Waals surface area contributed by atoms with Crippen LogP contribution in [0.1, 0.15) is 30.5 Å². The summed E-state index contributed by atoms with van der Waals surface area (Å²) in [7, 11) is 1.69. The maximum absolute atomic E-state index is 13.6. The third-order valence-corrected chi connectivity index (χ3v) is 4.13. The van der Waals surface area contributed by atoms with Crippen molar-refractivity contribution in [2.24, 2.45) is 10.9 Å². The van der Waals surface area contributed by atoms with Crippen LogP contribution in [0.4, 0.5) is 10.1 Å². The molecule has 5 nitrogen and oxygen atoms in total. The average Bonchev–Trinajstić information content (AvgIpc) is 2.65. The molecule has 0 radical (unpaired) electrons. The lowest BCUT2D eigenvalue weighted by Gasteiger charge is -2.13. The summed E-state index contributed by atoms with van der Waals surface area (Å²) in [4.78, 5) is 15.9. The van der Waals surface area contributed by atoms with Crippen molar-refractivity contribution in [1.29, 1.82) is 0 Å². The highest BCUT2D eigenvalue weighted by atomic mass is 19.1. The zero-order chi connectivity index (χ0) is 19.8. The van der Waals surface area contributed by atoms with Crippen molar-refractivity contribution >= 4 is 17.6 Å². The van der Waals surface area contributed by atoms with Crippen LogP contribution in [-0.4, -0.2) is 18.9 Å². The molecule has 0 bridgehead atoms. The lowest BCUT2D eigenvalue weighted by molar-refractivity contribution is -0.118. The number of hydrogen-bond acceptors (Lipinski definition) is 2. The minimum atomic E-state index is -0.207. The zero-order valence-corrected chi connectivity index (χ0v) is 16.3. The summed E-state index contributed by atoms with van der Waals surface area (Å²) in [6, 6.07) is 12.8. The average molecular weight is 370 g/mol. The van der Waals surface area contributed by atoms with E-state index in [0.29, 0.717) is 24.6 Å². The van der Waals surface area contributed by atoms with Crippen LogP contribution < -0.4 is 16.0 Å². The molecule has 0 aromatic heterocycles. The number of rotatable bonds is 6. The van der Waals surface area contributed by atoms with Gasteiger partial charge in [0.15, 0.2) is 5.96 Å². The van der Waals surface area contributed by atoms with Gasteiger partial charge in [-0.1, -0.05) is 38.1 Å². The third-order valence-electron chi connectivity index (χ3n) is 4.13. The number of hydrogen-bond donors (Lipinski definition) is 3. The topological polar surface area (TPSA) is 65.5 Å². The largest absolute Gasteiger partial charge is 0.352 e. The number of nitrogens with one attached hydrogen (secondary N) is 3. The fourth-order valence-corrected chi connectivity index (χ4v) is 2.33. The predicted octanol–water partition coefficient (Wildman–Crippen LogP) is 3.59. The standard InChI is InChI=1S/C21H27FN4O/c1-14(2)20(27)26-18-9-7-16(8-10-18)12-24-21(23-4)25-13-17-6-5-15(3)19(22)11-17/h5-11,14H,12-13H2,1-4H3,(H,26,27)(H2,23,24,25). The van der Waals surface area contributed by atoms with Crippen molar-refractivity contribution in [2.45, 2.75) is 33.9 Å². The Morgan fingerprint density at radius 1 is 1.04 bits per heavy atom. The molecule has 3 N–H and O–H groups in total. The number of benzene rings is 2. The van der Waals surface area contributed by atoms with Crippen LogP contribution in [-0.2, 0) is 17.9 Å². The first-order chi connectivity index (χ1) is 12.9. The van der Waals surface area contributed by atoms with Crippen LogP contribution in [0, 0.1) is 18.7 Å². The van der Waals surface area contributed by atoms with Gasteiger partial charge in [0.2, 0.25) is 5.91 Å². The van der Waals surface area contributed by atoms with Gasteiger partial charge in [0.1, 0.15) is 5.82 Å². The van der Waals surface area contributed by atoms with Gasteiger partial charge < -0.3 is 16.0 Å². The Bertz CT molecular complexity index is 800. The molecule has 0 unspecified atom stereocenters. The molecule has 2 rings (SSSR count). The number of aryl methyl sites for hydroxylation is 1. The summed E-state index contributed by atoms with van der Waals surface area (Å²) in [5.41, 5.74) is 3.32. The Kier molecular flexibility index (Phi) is 7.34. The summed E-state index contributed by atoms with van der Waals surface area (Å²) in [5, 5.41) is 9.25. The fraction of sp³-hybridized carbons (Fsp3) is 0.333. The van der Waals surface area contributed by atoms with Crippen LogP contribution in [0.15, 0.2) is 47.5 Å². The van der Waals surface area contributed by atoms with Crippen LogP contribution in [0.3, 0.4) is 0 Å². The maximum atomic E-state index is 13.6. The molecular weight excluding hydrogens is 343 g/mol. The number of guanidine groups is 1. The Morgan fingerprint density at radius 2 is 1.63 bits per heavy atom. The van der Waals surface area contributed by atoms with Gasteiger partial charge in [-0.2, -0.15) is 0 Å². The first kappa shape index (κ1) is 20.4. The van der Waals surface area contributed by atoms with Crippen molar-refractivity contribution in [3.8, 4) is 0 Å². The molecule has 0 aliphatic rings. The van der Waals surface area contributed by atoms with E-state index in [1.807, 2.05) is 44.2 Å². The second kappa shape index (κ2) is 9.71. The minimum absolute atomic E-state index is 0.00183. The van der Waals surface area contributed by atoms with E-state index in [9.17, 15) is 9.18 Å². The van der Waals surface area contributed by atoms with Crippen LogP contribution >= 0.6 is 0 Å². The number of halogens is 1. The highest BCUT2D eigenvalue weighted by Gasteiger charge is 2.07. The van der Waals surface area contributed by atoms with Crippen molar-refractivity contribution in [3.05, 3.63) is 65.0 Å². The number of carbonyl (C=O) groups is 1. The lowest BCUT2D eigenvalue weighted by Crippen LogP contribution is -2.36. The SMILES string of the molecule is CN=C(NCc1ccc(NC(=O)C(C)C)cc1)NCc1ccc(C)c(F)c1. The van der Waals surface area contributed by atoms with Crippen LogP contribution in [0.25, 0.3) is 0 Å². The van der Waals surface area contributed by atoms with Gasteiger partial charge in [0.25, 0.3) is 0 Å². The molecule has 0 saturated carbocycles. The molecule has 0 atom stereocenters. The number of anilines is 1. The highest BCUT2D eigenvalue weighted by molar-refractivity contribution is 5.92. The van der Waals surface area contributed by atoms with Gasteiger partial charge in [-0.15, -0.1) is 0 Å². The van der Waals surface area contributed by atoms with Crippen molar-refractivity contribution in [3.63, 3.8) is 0 Å². The Labute approximate surface area is 160 Å². The second-order valence-electron chi connectivity index (χ2n) is 6.70. The van der Waals surface area contributed by atoms with Crippen LogP contribution in [0.5, 0.6) is 0 Å². The third kappa shape index (κ3) is 6.40. The van der Waals surface area contributed by atoms with E-state index >= 15 is 0 Å². The Balaban J connectivity index is 1.84. The van der Waals surface area contributed by atoms with Gasteiger partial charge in [-0.25, -0.2) is 4.39 Å². The second-order valence-corrected chi connectivity index (χ2v) is 6.70. The monoisotopic (exact) mass is 370 g/mol. The fourth-order valence-electron chi connectivity index (χ4n) is 2.33. The molecule has 2 aromatic carbocycles. The molecule has 0 aliphatic carbocycles. The van der Waals surface area contributed by atoms with Gasteiger partial charge in [-0.05, 0) is 41.8 Å². The number of aliphatic imine (C=N–C) groups is 1. The first-order valence-electron chi connectivity index (χ1n) is 8.98. The summed E-state index contributed by atoms with van der Waals surface area (Å²) in [6.07, 6.45) is 0. The summed E-state index contributed by atoms with van der Waals surface area (Å²) < 4.78 is 13.6. The smallest absolute Gasteiger partial charge is 0.226 e. The first-order valence-corrected chi connectivity index (χ1v) is 8.98. The van der Waals surface area contributed by atoms with Gasteiger partial charge in [-0.3, -0.25) is 9.79 Å². The number of nitrogens with zero attached hydrogens (tertiary/aromatic N) is 1. The Morgan fingerprint density at radius 3 is 2.19 bits per heavy atom. The van der Waals surface area contributed by atoms with Gasteiger partial charge in [0, 0.05) is 31.7 Å². The van der Waals surface area contributed by atoms with Crippen molar-refractivity contribution in [1.82, 2.24) is 10.6 Å². The molecule has 0 saturated heterocycles. The molecule has 0 fully saturated rings. The minimum Gasteiger partial charge on any atom is -0.352 e. The summed E-state index contributed by atoms with van der Waals surface area (Å²) >= 11 is 0. The highest BCUT2D eigenvalue weighted by Crippen LogP contribution is 2.11. The summed E-state index contributed by atoms with van der Waals surface area (Å²) in [6.45, 7) is 6.53. The molecule has 2 aromatic rings. The number of carbonyl (C=O) groups excluding carboxylic acids is 1. The molecule has 6 heteroatoms. The predicted molar refractivity (Wildman–Crippen MR) is 108 cm³/mol. The normalized spacial score (nSPS) is 11.4. The van der Waals surface area contributed by atoms with E-state index in [4.69, 9.17) is 0 Å². The molecular formula is C21H27FN4O. The quantitative estimate of drug-likeness (QED) is 0.538. The van der Waals surface area contributed by atoms with Crippen LogP contribution in [0.2, 0.25) is 0 Å². The van der Waals surface area contributed by atoms with Gasteiger partial charge >= 0.3 is 0 Å². The molecule has 0 aliphatic heterocycles. The van der Waals surface area contributed by atoms with Gasteiger partial charge in [0.05, 0.1) is 0 Å². The van der Waals surface area contributed by atoms with E-state index in [-0.39, 0.29) is 17.6 Å². The molecule has 27 heavy (non-hydrogen) atoms. The van der Waals surface area contributed by atoms with E-state index < -0.39 is 0 Å². The van der Waals surface area contributed by atoms with E-state index in [2.05, 4.69) is 20.9 Å². The number of amides is 1.